The van der Waals surface area contributed by atoms with Crippen LogP contribution >= 0.6 is 0 Å². The van der Waals surface area contributed by atoms with Gasteiger partial charge < -0.3 is 4.90 Å². The lowest BCUT2D eigenvalue weighted by atomic mass is 9.86. The Bertz CT molecular complexity index is 1140. The van der Waals surface area contributed by atoms with E-state index < -0.39 is 0 Å². The van der Waals surface area contributed by atoms with E-state index in [4.69, 9.17) is 0 Å². The van der Waals surface area contributed by atoms with Crippen LogP contribution in [0.3, 0.4) is 0 Å². The van der Waals surface area contributed by atoms with Gasteiger partial charge in [0.25, 0.3) is 0 Å². The summed E-state index contributed by atoms with van der Waals surface area (Å²) in [7, 11) is 0. The van der Waals surface area contributed by atoms with Crippen LogP contribution in [0.15, 0.2) is 96.9 Å². The summed E-state index contributed by atoms with van der Waals surface area (Å²) in [5.41, 5.74) is 4.46. The minimum absolute atomic E-state index is 1.01. The molecule has 0 spiro atoms. The van der Waals surface area contributed by atoms with Gasteiger partial charge in [-0.25, -0.2) is 0 Å². The topological polar surface area (TPSA) is 3.24 Å². The van der Waals surface area contributed by atoms with Crippen molar-refractivity contribution in [2.75, 3.05) is 6.54 Å². The third-order valence-electron chi connectivity index (χ3n) is 5.94. The van der Waals surface area contributed by atoms with Crippen LogP contribution in [-0.4, -0.2) is 11.4 Å². The van der Waals surface area contributed by atoms with E-state index in [-0.39, 0.29) is 0 Å². The van der Waals surface area contributed by atoms with E-state index >= 15 is 0 Å². The average Bonchev–Trinajstić information content (AvgIpc) is 2.79. The highest BCUT2D eigenvalue weighted by atomic mass is 15.1. The number of benzene rings is 3. The Morgan fingerprint density at radius 3 is 2.57 bits per heavy atom. The van der Waals surface area contributed by atoms with E-state index in [0.29, 0.717) is 0 Å². The van der Waals surface area contributed by atoms with Crippen LogP contribution in [0.2, 0.25) is 0 Å². The maximum absolute atomic E-state index is 2.35. The lowest BCUT2D eigenvalue weighted by Gasteiger charge is -2.23. The molecule has 0 atom stereocenters. The van der Waals surface area contributed by atoms with Gasteiger partial charge in [0.15, 0.2) is 0 Å². The third-order valence-corrected chi connectivity index (χ3v) is 5.94. The number of hydrogen-bond acceptors (Lipinski definition) is 1. The van der Waals surface area contributed by atoms with Crippen molar-refractivity contribution in [3.8, 4) is 0 Å². The number of allylic oxidation sites excluding steroid dienone is 5. The van der Waals surface area contributed by atoms with Crippen LogP contribution in [-0.2, 0) is 12.8 Å². The van der Waals surface area contributed by atoms with Crippen LogP contribution in [0, 0.1) is 0 Å². The van der Waals surface area contributed by atoms with Crippen LogP contribution in [0.25, 0.3) is 21.5 Å². The molecular formula is C27H25N. The molecule has 6 rings (SSSR count). The van der Waals surface area contributed by atoms with Crippen molar-refractivity contribution in [2.45, 2.75) is 25.7 Å². The van der Waals surface area contributed by atoms with E-state index in [1.165, 1.54) is 52.9 Å². The van der Waals surface area contributed by atoms with Gasteiger partial charge in [0.05, 0.1) is 0 Å². The highest BCUT2D eigenvalue weighted by molar-refractivity contribution is 6.08. The van der Waals surface area contributed by atoms with Gasteiger partial charge in [-0.2, -0.15) is 0 Å². The first kappa shape index (κ1) is 17.1. The van der Waals surface area contributed by atoms with E-state index in [0.717, 1.165) is 6.54 Å². The number of hydrogen-bond donors (Lipinski definition) is 0. The standard InChI is InChI=1S/C18H16.C9H9N/c1-3-7-15-13(5-1)9-11-18-16-8-4-2-6-14(16)10-12-17(15)18;1-3-7-10-8-4-2-6-9(10)5-1/h1,3,5,7,9-12H,2,4,6,8H2;1-7H,8H2. The third kappa shape index (κ3) is 3.18. The summed E-state index contributed by atoms with van der Waals surface area (Å²) in [5.74, 6) is 0. The minimum atomic E-state index is 1.01. The second kappa shape index (κ2) is 7.52. The summed E-state index contributed by atoms with van der Waals surface area (Å²) in [6, 6.07) is 18.0. The maximum atomic E-state index is 2.35. The van der Waals surface area contributed by atoms with Gasteiger partial charge in [-0.3, -0.25) is 0 Å². The van der Waals surface area contributed by atoms with E-state index in [1.807, 2.05) is 0 Å². The Labute approximate surface area is 167 Å². The van der Waals surface area contributed by atoms with E-state index in [9.17, 15) is 0 Å². The van der Waals surface area contributed by atoms with Crippen molar-refractivity contribution in [3.05, 3.63) is 108 Å². The predicted octanol–water partition coefficient (Wildman–Crippen LogP) is 6.70. The molecule has 0 saturated heterocycles. The smallest absolute Gasteiger partial charge is 0.0409 e. The Balaban J connectivity index is 0.000000145. The number of rotatable bonds is 0. The molecule has 2 heterocycles. The molecular weight excluding hydrogens is 338 g/mol. The highest BCUT2D eigenvalue weighted by Crippen LogP contribution is 2.33. The summed E-state index contributed by atoms with van der Waals surface area (Å²) in [6.07, 6.45) is 19.9. The number of fused-ring (bicyclic) bond motifs is 6. The molecule has 3 aromatic rings. The van der Waals surface area contributed by atoms with E-state index in [1.54, 1.807) is 11.1 Å². The van der Waals surface area contributed by atoms with Crippen molar-refractivity contribution >= 4 is 21.5 Å². The van der Waals surface area contributed by atoms with Gasteiger partial charge >= 0.3 is 0 Å². The summed E-state index contributed by atoms with van der Waals surface area (Å²) in [5, 5.41) is 5.64. The van der Waals surface area contributed by atoms with Gasteiger partial charge in [0, 0.05) is 18.4 Å². The fourth-order valence-electron chi connectivity index (χ4n) is 4.49. The molecule has 0 aromatic heterocycles. The van der Waals surface area contributed by atoms with Gasteiger partial charge in [0.2, 0.25) is 0 Å². The molecule has 0 bridgehead atoms. The quantitative estimate of drug-likeness (QED) is 0.402. The van der Waals surface area contributed by atoms with Crippen LogP contribution < -0.4 is 0 Å². The van der Waals surface area contributed by atoms with Crippen LogP contribution in [0.1, 0.15) is 24.0 Å². The fourth-order valence-corrected chi connectivity index (χ4v) is 4.49. The first-order valence-corrected chi connectivity index (χ1v) is 10.3. The second-order valence-corrected chi connectivity index (χ2v) is 7.66. The monoisotopic (exact) mass is 363 g/mol. The summed E-state index contributed by atoms with van der Waals surface area (Å²) in [4.78, 5) is 2.21. The van der Waals surface area contributed by atoms with Crippen LogP contribution in [0.5, 0.6) is 0 Å². The average molecular weight is 364 g/mol. The fraction of sp³-hybridized carbons (Fsp3) is 0.185. The molecule has 28 heavy (non-hydrogen) atoms. The Morgan fingerprint density at radius 1 is 0.714 bits per heavy atom. The zero-order valence-electron chi connectivity index (χ0n) is 16.1. The summed E-state index contributed by atoms with van der Waals surface area (Å²) >= 11 is 0. The van der Waals surface area contributed by atoms with E-state index in [2.05, 4.69) is 96.1 Å². The van der Waals surface area contributed by atoms with Crippen molar-refractivity contribution in [3.63, 3.8) is 0 Å². The lowest BCUT2D eigenvalue weighted by Crippen LogP contribution is -2.18. The predicted molar refractivity (Wildman–Crippen MR) is 120 cm³/mol. The molecule has 0 saturated carbocycles. The molecule has 138 valence electrons. The molecule has 1 aliphatic carbocycles. The first-order valence-electron chi connectivity index (χ1n) is 10.3. The molecule has 0 amide bonds. The molecule has 1 heteroatoms. The molecule has 0 radical (unpaired) electrons. The van der Waals surface area contributed by atoms with Gasteiger partial charge in [0.1, 0.15) is 0 Å². The second-order valence-electron chi connectivity index (χ2n) is 7.66. The zero-order valence-corrected chi connectivity index (χ0v) is 16.1. The molecule has 3 aliphatic rings. The van der Waals surface area contributed by atoms with Crippen molar-refractivity contribution in [1.29, 1.82) is 0 Å². The molecule has 0 unspecified atom stereocenters. The zero-order chi connectivity index (χ0) is 18.8. The molecule has 1 nitrogen and oxygen atoms in total. The SMILES string of the molecule is C1=CCN2C=CC=CC2=C1.c1ccc2c(c1)ccc1c3c(ccc12)CCCC3. The minimum Gasteiger partial charge on any atom is -0.344 e. The molecule has 0 fully saturated rings. The largest absolute Gasteiger partial charge is 0.344 e. The normalized spacial score (nSPS) is 17.0. The Kier molecular flexibility index (Phi) is 4.58. The molecule has 3 aromatic carbocycles. The highest BCUT2D eigenvalue weighted by Gasteiger charge is 2.13. The van der Waals surface area contributed by atoms with Gasteiger partial charge in [-0.1, -0.05) is 66.8 Å². The molecule has 2 aliphatic heterocycles. The summed E-state index contributed by atoms with van der Waals surface area (Å²) in [6.45, 7) is 1.01. The Morgan fingerprint density at radius 2 is 1.61 bits per heavy atom. The maximum Gasteiger partial charge on any atom is 0.0409 e. The van der Waals surface area contributed by atoms with Gasteiger partial charge in [-0.15, -0.1) is 0 Å². The summed E-state index contributed by atoms with van der Waals surface area (Å²) < 4.78 is 0. The lowest BCUT2D eigenvalue weighted by molar-refractivity contribution is 0.523. The first-order chi connectivity index (χ1) is 13.9. The van der Waals surface area contributed by atoms with Crippen LogP contribution in [0.4, 0.5) is 0 Å². The van der Waals surface area contributed by atoms with Crippen molar-refractivity contribution in [2.24, 2.45) is 0 Å². The van der Waals surface area contributed by atoms with Crippen molar-refractivity contribution < 1.29 is 0 Å². The van der Waals surface area contributed by atoms with Gasteiger partial charge in [-0.05, 0) is 76.6 Å². The number of nitrogens with zero attached hydrogens (tertiary/aromatic N) is 1. The molecule has 0 N–H and O–H groups in total. The Hall–Kier alpha value is -3.06. The van der Waals surface area contributed by atoms with Crippen molar-refractivity contribution in [1.82, 2.24) is 4.90 Å². The number of aryl methyl sites for hydroxylation is 2.